The molecule has 0 bridgehead atoms. The Morgan fingerprint density at radius 2 is 2.05 bits per heavy atom. The third-order valence-electron chi connectivity index (χ3n) is 2.23. The van der Waals surface area contributed by atoms with Gasteiger partial charge in [0.15, 0.2) is 5.01 Å². The van der Waals surface area contributed by atoms with Crippen molar-refractivity contribution in [2.75, 3.05) is 0 Å². The number of halogens is 4. The van der Waals surface area contributed by atoms with E-state index in [4.69, 9.17) is 16.7 Å². The molecule has 0 aliphatic rings. The normalized spacial score (nSPS) is 11.6. The Bertz CT molecular complexity index is 639. The van der Waals surface area contributed by atoms with Crippen molar-refractivity contribution in [2.45, 2.75) is 6.18 Å². The first-order valence-electron chi connectivity index (χ1n) is 4.85. The number of aromatic carboxylic acids is 1. The zero-order valence-electron chi connectivity index (χ0n) is 9.03. The first-order chi connectivity index (χ1) is 8.79. The second-order valence-corrected chi connectivity index (χ2v) is 4.99. The van der Waals surface area contributed by atoms with E-state index < -0.39 is 17.2 Å². The molecule has 0 spiro atoms. The second-order valence-electron chi connectivity index (χ2n) is 3.52. The Morgan fingerprint density at radius 3 is 2.58 bits per heavy atom. The number of hydrogen-bond donors (Lipinski definition) is 1. The molecule has 100 valence electrons. The van der Waals surface area contributed by atoms with E-state index in [1.54, 1.807) is 0 Å². The maximum Gasteiger partial charge on any atom is 0.443 e. The Hall–Kier alpha value is -1.60. The molecule has 1 aromatic heterocycles. The van der Waals surface area contributed by atoms with Gasteiger partial charge in [-0.05, 0) is 18.2 Å². The fraction of sp³-hybridized carbons (Fsp3) is 0.0909. The van der Waals surface area contributed by atoms with Gasteiger partial charge in [-0.1, -0.05) is 11.6 Å². The van der Waals surface area contributed by atoms with E-state index in [0.717, 1.165) is 6.20 Å². The lowest BCUT2D eigenvalue weighted by molar-refractivity contribution is -0.137. The highest BCUT2D eigenvalue weighted by Gasteiger charge is 2.35. The van der Waals surface area contributed by atoms with E-state index in [0.29, 0.717) is 11.3 Å². The topological polar surface area (TPSA) is 50.2 Å². The molecule has 0 radical (unpaired) electrons. The van der Waals surface area contributed by atoms with Crippen molar-refractivity contribution < 1.29 is 23.1 Å². The van der Waals surface area contributed by atoms with Gasteiger partial charge in [-0.15, -0.1) is 11.3 Å². The van der Waals surface area contributed by atoms with Crippen molar-refractivity contribution in [1.29, 1.82) is 0 Å². The first-order valence-corrected chi connectivity index (χ1v) is 6.04. The summed E-state index contributed by atoms with van der Waals surface area (Å²) in [5.74, 6) is -1.24. The monoisotopic (exact) mass is 307 g/mol. The van der Waals surface area contributed by atoms with Crippen molar-refractivity contribution in [2.24, 2.45) is 0 Å². The molecule has 2 aromatic rings. The van der Waals surface area contributed by atoms with E-state index in [2.05, 4.69) is 4.98 Å². The lowest BCUT2D eigenvalue weighted by atomic mass is 10.1. The Morgan fingerprint density at radius 1 is 1.37 bits per heavy atom. The zero-order valence-corrected chi connectivity index (χ0v) is 10.6. The molecule has 19 heavy (non-hydrogen) atoms. The van der Waals surface area contributed by atoms with Crippen LogP contribution in [0.25, 0.3) is 10.4 Å². The summed E-state index contributed by atoms with van der Waals surface area (Å²) in [6.07, 6.45) is -3.56. The van der Waals surface area contributed by atoms with Crippen molar-refractivity contribution in [3.63, 3.8) is 0 Å². The molecule has 3 nitrogen and oxygen atoms in total. The van der Waals surface area contributed by atoms with Gasteiger partial charge in [-0.2, -0.15) is 13.2 Å². The predicted octanol–water partition coefficient (Wildman–Crippen LogP) is 4.18. The number of carboxylic acid groups (broad SMARTS) is 1. The number of carbonyl (C=O) groups is 1. The van der Waals surface area contributed by atoms with Gasteiger partial charge in [0.05, 0.1) is 10.4 Å². The molecular formula is C11H5ClF3NO2S. The van der Waals surface area contributed by atoms with Gasteiger partial charge in [0.1, 0.15) is 0 Å². The van der Waals surface area contributed by atoms with E-state index in [-0.39, 0.29) is 21.0 Å². The van der Waals surface area contributed by atoms with Crippen LogP contribution in [0.15, 0.2) is 24.4 Å². The van der Waals surface area contributed by atoms with Gasteiger partial charge in [-0.25, -0.2) is 9.78 Å². The number of carboxylic acids is 1. The molecule has 0 aliphatic heterocycles. The van der Waals surface area contributed by atoms with Gasteiger partial charge >= 0.3 is 12.1 Å². The van der Waals surface area contributed by atoms with Gasteiger partial charge in [0.2, 0.25) is 0 Å². The van der Waals surface area contributed by atoms with E-state index in [1.165, 1.54) is 18.2 Å². The van der Waals surface area contributed by atoms with E-state index in [9.17, 15) is 18.0 Å². The zero-order chi connectivity index (χ0) is 14.2. The molecular weight excluding hydrogens is 303 g/mol. The minimum atomic E-state index is -4.55. The van der Waals surface area contributed by atoms with Gasteiger partial charge in [0.25, 0.3) is 0 Å². The van der Waals surface area contributed by atoms with Gasteiger partial charge in [0, 0.05) is 16.8 Å². The maximum absolute atomic E-state index is 12.5. The molecule has 1 heterocycles. The molecule has 0 saturated heterocycles. The standard InChI is InChI=1S/C11H5ClF3NO2S/c12-5-1-2-6(9(17)18)7(3-5)8-4-16-10(19-8)11(13,14)15/h1-4H,(H,17,18). The summed E-state index contributed by atoms with van der Waals surface area (Å²) < 4.78 is 37.4. The van der Waals surface area contributed by atoms with Crippen molar-refractivity contribution in [3.05, 3.63) is 40.0 Å². The third kappa shape index (κ3) is 2.87. The van der Waals surface area contributed by atoms with Crippen LogP contribution < -0.4 is 0 Å². The summed E-state index contributed by atoms with van der Waals surface area (Å²) in [6, 6.07) is 3.91. The SMILES string of the molecule is O=C(O)c1ccc(Cl)cc1-c1cnc(C(F)(F)F)s1. The average Bonchev–Trinajstić information content (AvgIpc) is 2.77. The fourth-order valence-corrected chi connectivity index (χ4v) is 2.42. The quantitative estimate of drug-likeness (QED) is 0.905. The van der Waals surface area contributed by atoms with Crippen LogP contribution in [0.5, 0.6) is 0 Å². The van der Waals surface area contributed by atoms with Gasteiger partial charge < -0.3 is 5.11 Å². The summed E-state index contributed by atoms with van der Waals surface area (Å²) in [5.41, 5.74) is -0.00484. The molecule has 1 aromatic carbocycles. The molecule has 2 rings (SSSR count). The van der Waals surface area contributed by atoms with Crippen LogP contribution in [0.1, 0.15) is 15.4 Å². The number of benzene rings is 1. The van der Waals surface area contributed by atoms with Crippen LogP contribution in [0, 0.1) is 0 Å². The van der Waals surface area contributed by atoms with E-state index >= 15 is 0 Å². The summed E-state index contributed by atoms with van der Waals surface area (Å²) in [6.45, 7) is 0. The van der Waals surface area contributed by atoms with Crippen LogP contribution in [0.3, 0.4) is 0 Å². The Kier molecular flexibility index (Phi) is 3.51. The van der Waals surface area contributed by atoms with Crippen LogP contribution in [-0.2, 0) is 6.18 Å². The first kappa shape index (κ1) is 13.8. The molecule has 0 saturated carbocycles. The summed E-state index contributed by atoms with van der Waals surface area (Å²) in [5, 5.41) is 8.21. The molecule has 0 unspecified atom stereocenters. The molecule has 0 amide bonds. The lowest BCUT2D eigenvalue weighted by Gasteiger charge is -2.04. The lowest BCUT2D eigenvalue weighted by Crippen LogP contribution is -2.02. The van der Waals surface area contributed by atoms with E-state index in [1.807, 2.05) is 0 Å². The number of nitrogens with zero attached hydrogens (tertiary/aromatic N) is 1. The number of hydrogen-bond acceptors (Lipinski definition) is 3. The largest absolute Gasteiger partial charge is 0.478 e. The Labute approximate surface area is 114 Å². The fourth-order valence-electron chi connectivity index (χ4n) is 1.44. The minimum absolute atomic E-state index is 0.104. The summed E-state index contributed by atoms with van der Waals surface area (Å²) >= 11 is 6.11. The van der Waals surface area contributed by atoms with Crippen molar-refractivity contribution >= 4 is 28.9 Å². The van der Waals surface area contributed by atoms with Crippen LogP contribution in [0.4, 0.5) is 13.2 Å². The second kappa shape index (κ2) is 4.82. The highest BCUT2D eigenvalue weighted by atomic mass is 35.5. The molecule has 1 N–H and O–H groups in total. The Balaban J connectivity index is 2.55. The number of aromatic nitrogens is 1. The molecule has 0 aliphatic carbocycles. The van der Waals surface area contributed by atoms with Crippen molar-refractivity contribution in [1.82, 2.24) is 4.98 Å². The maximum atomic E-state index is 12.5. The van der Waals surface area contributed by atoms with Crippen molar-refractivity contribution in [3.8, 4) is 10.4 Å². The molecule has 0 atom stereocenters. The number of thiazole rings is 1. The average molecular weight is 308 g/mol. The summed E-state index contributed by atoms with van der Waals surface area (Å²) in [4.78, 5) is 14.4. The molecule has 0 fully saturated rings. The van der Waals surface area contributed by atoms with Crippen LogP contribution in [0.2, 0.25) is 5.02 Å². The molecule has 8 heteroatoms. The third-order valence-corrected chi connectivity index (χ3v) is 3.54. The van der Waals surface area contributed by atoms with Crippen LogP contribution >= 0.6 is 22.9 Å². The highest BCUT2D eigenvalue weighted by molar-refractivity contribution is 7.15. The predicted molar refractivity (Wildman–Crippen MR) is 64.5 cm³/mol. The minimum Gasteiger partial charge on any atom is -0.478 e. The highest BCUT2D eigenvalue weighted by Crippen LogP contribution is 2.38. The number of rotatable bonds is 2. The number of alkyl halides is 3. The smallest absolute Gasteiger partial charge is 0.443 e. The van der Waals surface area contributed by atoms with Crippen LogP contribution in [-0.4, -0.2) is 16.1 Å². The van der Waals surface area contributed by atoms with Gasteiger partial charge in [-0.3, -0.25) is 0 Å². The summed E-state index contributed by atoms with van der Waals surface area (Å²) in [7, 11) is 0.